The maximum Gasteiger partial charge on any atom is 0.137 e. The largest absolute Gasteiger partial charge is 0.380 e. The van der Waals surface area contributed by atoms with Crippen molar-refractivity contribution in [1.29, 1.82) is 0 Å². The van der Waals surface area contributed by atoms with Crippen LogP contribution in [0.5, 0.6) is 0 Å². The molecule has 1 saturated carbocycles. The fourth-order valence-corrected chi connectivity index (χ4v) is 4.95. The van der Waals surface area contributed by atoms with Gasteiger partial charge < -0.3 is 9.72 Å². The zero-order valence-corrected chi connectivity index (χ0v) is 16.6. The van der Waals surface area contributed by atoms with Crippen LogP contribution in [0.1, 0.15) is 43.6 Å². The van der Waals surface area contributed by atoms with E-state index >= 15 is 0 Å². The standard InChI is InChI=1S/C22H29N5O/c1-26-15-18(13-25-26)21-14-24-22-20(21)11-17(12-23-22)16-3-5-19(6-4-16)27-7-2-9-28-10-8-27/h11-16,19H,2-10H2,1H3,(H,23,24)/t16-,19+. The second-order valence-electron chi connectivity index (χ2n) is 8.28. The smallest absolute Gasteiger partial charge is 0.137 e. The van der Waals surface area contributed by atoms with Crippen LogP contribution in [0.15, 0.2) is 30.9 Å². The van der Waals surface area contributed by atoms with Gasteiger partial charge in [-0.3, -0.25) is 9.58 Å². The fraction of sp³-hybridized carbons (Fsp3) is 0.545. The molecule has 0 aromatic carbocycles. The van der Waals surface area contributed by atoms with E-state index in [1.54, 1.807) is 0 Å². The number of fused-ring (bicyclic) bond motifs is 1. The van der Waals surface area contributed by atoms with Crippen LogP contribution < -0.4 is 0 Å². The lowest BCUT2D eigenvalue weighted by atomic mass is 9.81. The van der Waals surface area contributed by atoms with Crippen LogP contribution >= 0.6 is 0 Å². The molecule has 0 bridgehead atoms. The number of nitrogens with zero attached hydrogens (tertiary/aromatic N) is 4. The lowest BCUT2D eigenvalue weighted by Gasteiger charge is -2.36. The summed E-state index contributed by atoms with van der Waals surface area (Å²) < 4.78 is 7.48. The Hall–Kier alpha value is -2.18. The monoisotopic (exact) mass is 379 g/mol. The molecule has 5 rings (SSSR count). The quantitative estimate of drug-likeness (QED) is 0.754. The molecule has 6 nitrogen and oxygen atoms in total. The van der Waals surface area contributed by atoms with Crippen LogP contribution in [0.2, 0.25) is 0 Å². The number of rotatable bonds is 3. The Kier molecular flexibility index (Phi) is 4.91. The Morgan fingerprint density at radius 1 is 1.11 bits per heavy atom. The molecule has 0 amide bonds. The molecule has 3 aromatic heterocycles. The van der Waals surface area contributed by atoms with Gasteiger partial charge in [-0.25, -0.2) is 4.98 Å². The molecule has 4 heterocycles. The number of ether oxygens (including phenoxy) is 1. The Morgan fingerprint density at radius 2 is 2.00 bits per heavy atom. The predicted octanol–water partition coefficient (Wildman–Crippen LogP) is 3.71. The van der Waals surface area contributed by atoms with Gasteiger partial charge in [-0.05, 0) is 49.7 Å². The topological polar surface area (TPSA) is 59.0 Å². The maximum absolute atomic E-state index is 5.63. The first kappa shape index (κ1) is 17.9. The maximum atomic E-state index is 5.63. The van der Waals surface area contributed by atoms with Crippen molar-refractivity contribution in [2.24, 2.45) is 7.05 Å². The SMILES string of the molecule is Cn1cc(-c2c[nH]c3ncc([C@H]4CC[C@@H](N5CCCOCC5)CC4)cc23)cn1. The van der Waals surface area contributed by atoms with Crippen LogP contribution in [0, 0.1) is 0 Å². The molecule has 2 fully saturated rings. The second-order valence-corrected chi connectivity index (χ2v) is 8.28. The number of nitrogens with one attached hydrogen (secondary N) is 1. The van der Waals surface area contributed by atoms with Gasteiger partial charge in [0, 0.05) is 67.9 Å². The Morgan fingerprint density at radius 3 is 2.82 bits per heavy atom. The third kappa shape index (κ3) is 3.47. The summed E-state index contributed by atoms with van der Waals surface area (Å²) in [6, 6.07) is 3.08. The number of aromatic nitrogens is 4. The molecule has 0 unspecified atom stereocenters. The number of hydrogen-bond acceptors (Lipinski definition) is 4. The molecule has 0 spiro atoms. The predicted molar refractivity (Wildman–Crippen MR) is 110 cm³/mol. The zero-order chi connectivity index (χ0) is 18.9. The first-order valence-electron chi connectivity index (χ1n) is 10.6. The Bertz CT molecular complexity index is 929. The van der Waals surface area contributed by atoms with Gasteiger partial charge in [-0.1, -0.05) is 0 Å². The summed E-state index contributed by atoms with van der Waals surface area (Å²) in [6.07, 6.45) is 14.4. The molecule has 3 aromatic rings. The van der Waals surface area contributed by atoms with Crippen LogP contribution in [0.4, 0.5) is 0 Å². The van der Waals surface area contributed by atoms with E-state index in [1.807, 2.05) is 17.9 Å². The number of hydrogen-bond donors (Lipinski definition) is 1. The van der Waals surface area contributed by atoms with E-state index in [4.69, 9.17) is 9.72 Å². The number of aromatic amines is 1. The highest BCUT2D eigenvalue weighted by atomic mass is 16.5. The molecular formula is C22H29N5O. The average Bonchev–Trinajstić information content (AvgIpc) is 3.24. The summed E-state index contributed by atoms with van der Waals surface area (Å²) in [5.41, 5.74) is 4.67. The summed E-state index contributed by atoms with van der Waals surface area (Å²) in [4.78, 5) is 10.7. The van der Waals surface area contributed by atoms with Gasteiger partial charge in [0.15, 0.2) is 0 Å². The van der Waals surface area contributed by atoms with E-state index in [0.717, 1.165) is 37.0 Å². The third-order valence-corrected chi connectivity index (χ3v) is 6.51. The summed E-state index contributed by atoms with van der Waals surface area (Å²) in [7, 11) is 1.96. The fourth-order valence-electron chi connectivity index (χ4n) is 4.95. The normalized spacial score (nSPS) is 24.5. The minimum atomic E-state index is 0.619. The lowest BCUT2D eigenvalue weighted by Crippen LogP contribution is -2.39. The number of pyridine rings is 1. The van der Waals surface area contributed by atoms with E-state index < -0.39 is 0 Å². The lowest BCUT2D eigenvalue weighted by molar-refractivity contribution is 0.118. The van der Waals surface area contributed by atoms with Crippen molar-refractivity contribution < 1.29 is 4.74 Å². The van der Waals surface area contributed by atoms with Gasteiger partial charge in [0.25, 0.3) is 0 Å². The summed E-state index contributed by atoms with van der Waals surface area (Å²) in [6.45, 7) is 4.11. The van der Waals surface area contributed by atoms with E-state index in [2.05, 4.69) is 39.6 Å². The van der Waals surface area contributed by atoms with Crippen molar-refractivity contribution in [1.82, 2.24) is 24.6 Å². The molecule has 148 valence electrons. The molecular weight excluding hydrogens is 350 g/mol. The average molecular weight is 380 g/mol. The second kappa shape index (κ2) is 7.68. The van der Waals surface area contributed by atoms with Crippen molar-refractivity contribution in [2.75, 3.05) is 26.3 Å². The molecule has 1 aliphatic heterocycles. The van der Waals surface area contributed by atoms with Crippen LogP contribution in [0.3, 0.4) is 0 Å². The number of H-pyrrole nitrogens is 1. The van der Waals surface area contributed by atoms with Crippen molar-refractivity contribution in [3.8, 4) is 11.1 Å². The highest BCUT2D eigenvalue weighted by Gasteiger charge is 2.27. The van der Waals surface area contributed by atoms with E-state index in [0.29, 0.717) is 5.92 Å². The van der Waals surface area contributed by atoms with Gasteiger partial charge in [0.05, 0.1) is 12.8 Å². The summed E-state index contributed by atoms with van der Waals surface area (Å²) >= 11 is 0. The number of aryl methyl sites for hydroxylation is 1. The molecule has 2 aliphatic rings. The van der Waals surface area contributed by atoms with Gasteiger partial charge in [0.1, 0.15) is 5.65 Å². The third-order valence-electron chi connectivity index (χ3n) is 6.51. The van der Waals surface area contributed by atoms with Gasteiger partial charge in [0.2, 0.25) is 0 Å². The van der Waals surface area contributed by atoms with E-state index in [-0.39, 0.29) is 0 Å². The van der Waals surface area contributed by atoms with Crippen LogP contribution in [0.25, 0.3) is 22.2 Å². The minimum Gasteiger partial charge on any atom is -0.380 e. The van der Waals surface area contributed by atoms with Crippen LogP contribution in [-0.2, 0) is 11.8 Å². The molecule has 6 heteroatoms. The van der Waals surface area contributed by atoms with Gasteiger partial charge >= 0.3 is 0 Å². The Balaban J connectivity index is 1.33. The van der Waals surface area contributed by atoms with E-state index in [9.17, 15) is 0 Å². The van der Waals surface area contributed by atoms with Crippen molar-refractivity contribution in [3.63, 3.8) is 0 Å². The first-order chi connectivity index (χ1) is 13.8. The first-order valence-corrected chi connectivity index (χ1v) is 10.6. The minimum absolute atomic E-state index is 0.619. The molecule has 1 aliphatic carbocycles. The van der Waals surface area contributed by atoms with E-state index in [1.165, 1.54) is 55.2 Å². The molecule has 1 saturated heterocycles. The molecule has 1 N–H and O–H groups in total. The molecule has 0 atom stereocenters. The van der Waals surface area contributed by atoms with Crippen molar-refractivity contribution >= 4 is 11.0 Å². The van der Waals surface area contributed by atoms with Gasteiger partial charge in [-0.15, -0.1) is 0 Å². The summed E-state index contributed by atoms with van der Waals surface area (Å²) in [5.74, 6) is 0.619. The summed E-state index contributed by atoms with van der Waals surface area (Å²) in [5, 5.41) is 5.53. The van der Waals surface area contributed by atoms with Gasteiger partial charge in [-0.2, -0.15) is 5.10 Å². The highest BCUT2D eigenvalue weighted by molar-refractivity contribution is 5.93. The van der Waals surface area contributed by atoms with Crippen molar-refractivity contribution in [2.45, 2.75) is 44.1 Å². The van der Waals surface area contributed by atoms with Crippen molar-refractivity contribution in [3.05, 3.63) is 36.4 Å². The molecule has 28 heavy (non-hydrogen) atoms. The Labute approximate surface area is 165 Å². The zero-order valence-electron chi connectivity index (χ0n) is 16.6. The van der Waals surface area contributed by atoms with Crippen LogP contribution in [-0.4, -0.2) is 57.0 Å². The molecule has 0 radical (unpaired) electrons. The highest BCUT2D eigenvalue weighted by Crippen LogP contribution is 2.37.